The molecule has 0 aliphatic heterocycles. The maximum Gasteiger partial charge on any atom is 0.185 e. The number of hydrogen-bond donors (Lipinski definition) is 1. The molecule has 3 nitrogen and oxygen atoms in total. The predicted molar refractivity (Wildman–Crippen MR) is 40.5 cm³/mol. The van der Waals surface area contributed by atoms with E-state index in [0.29, 0.717) is 5.76 Å². The summed E-state index contributed by atoms with van der Waals surface area (Å²) in [4.78, 5) is 10.7. The lowest BCUT2D eigenvalue weighted by Gasteiger charge is -1.95. The van der Waals surface area contributed by atoms with E-state index >= 15 is 0 Å². The molecule has 0 unspecified atom stereocenters. The number of hydrogen-bond acceptors (Lipinski definition) is 3. The highest BCUT2D eigenvalue weighted by Gasteiger charge is 1.96. The molecule has 1 rings (SSSR count). The molecule has 0 radical (unpaired) electrons. The zero-order valence-corrected chi connectivity index (χ0v) is 5.91. The molecule has 1 N–H and O–H groups in total. The van der Waals surface area contributed by atoms with Crippen LogP contribution in [0.25, 0.3) is 0 Å². The average Bonchev–Trinajstić information content (AvgIpc) is 1.85. The fraction of sp³-hybridized carbons (Fsp3) is 0.125. The SMILES string of the molecule is C=C(O)Cc1cc(=O)cco1. The first-order chi connectivity index (χ1) is 5.18. The Kier molecular flexibility index (Phi) is 2.11. The second-order valence-electron chi connectivity index (χ2n) is 2.18. The summed E-state index contributed by atoms with van der Waals surface area (Å²) in [5.41, 5.74) is -0.132. The van der Waals surface area contributed by atoms with Crippen molar-refractivity contribution in [3.05, 3.63) is 46.7 Å². The van der Waals surface area contributed by atoms with Crippen LogP contribution in [0.5, 0.6) is 0 Å². The van der Waals surface area contributed by atoms with Crippen LogP contribution in [0.15, 0.2) is 39.9 Å². The number of aliphatic hydroxyl groups excluding tert-OH is 1. The Morgan fingerprint density at radius 1 is 1.73 bits per heavy atom. The molecule has 0 aromatic carbocycles. The fourth-order valence-corrected chi connectivity index (χ4v) is 0.723. The van der Waals surface area contributed by atoms with Crippen molar-refractivity contribution in [2.75, 3.05) is 0 Å². The van der Waals surface area contributed by atoms with Crippen molar-refractivity contribution >= 4 is 0 Å². The van der Waals surface area contributed by atoms with Gasteiger partial charge in [-0.15, -0.1) is 0 Å². The van der Waals surface area contributed by atoms with E-state index in [1.807, 2.05) is 0 Å². The summed E-state index contributed by atoms with van der Waals surface area (Å²) in [6.07, 6.45) is 1.48. The van der Waals surface area contributed by atoms with Crippen molar-refractivity contribution < 1.29 is 9.52 Å². The zero-order valence-electron chi connectivity index (χ0n) is 5.91. The normalized spacial score (nSPS) is 9.45. The monoisotopic (exact) mass is 152 g/mol. The summed E-state index contributed by atoms with van der Waals surface area (Å²) in [7, 11) is 0. The molecular weight excluding hydrogens is 144 g/mol. The first-order valence-corrected chi connectivity index (χ1v) is 3.13. The van der Waals surface area contributed by atoms with Gasteiger partial charge in [0.05, 0.1) is 18.4 Å². The summed E-state index contributed by atoms with van der Waals surface area (Å²) in [6.45, 7) is 3.27. The van der Waals surface area contributed by atoms with Crippen LogP contribution in [0, 0.1) is 0 Å². The van der Waals surface area contributed by atoms with E-state index in [1.54, 1.807) is 0 Å². The van der Waals surface area contributed by atoms with Crippen LogP contribution in [-0.4, -0.2) is 5.11 Å². The number of rotatable bonds is 2. The minimum Gasteiger partial charge on any atom is -0.512 e. The van der Waals surface area contributed by atoms with E-state index in [0.717, 1.165) is 0 Å². The minimum atomic E-state index is -0.132. The van der Waals surface area contributed by atoms with E-state index in [9.17, 15) is 4.79 Å². The molecule has 0 aliphatic carbocycles. The summed E-state index contributed by atoms with van der Waals surface area (Å²) in [6, 6.07) is 2.63. The van der Waals surface area contributed by atoms with Crippen molar-refractivity contribution in [3.8, 4) is 0 Å². The highest BCUT2D eigenvalue weighted by Crippen LogP contribution is 2.00. The first kappa shape index (κ1) is 7.60. The lowest BCUT2D eigenvalue weighted by molar-refractivity contribution is 0.381. The van der Waals surface area contributed by atoms with Gasteiger partial charge in [-0.25, -0.2) is 0 Å². The number of allylic oxidation sites excluding steroid dienone is 1. The summed E-state index contributed by atoms with van der Waals surface area (Å²) in [5.74, 6) is 0.407. The van der Waals surface area contributed by atoms with Crippen molar-refractivity contribution in [2.24, 2.45) is 0 Å². The maximum atomic E-state index is 10.7. The average molecular weight is 152 g/mol. The minimum absolute atomic E-state index is 0.0145. The Morgan fingerprint density at radius 2 is 2.45 bits per heavy atom. The van der Waals surface area contributed by atoms with Gasteiger partial charge in [-0.2, -0.15) is 0 Å². The standard InChI is InChI=1S/C8H8O3/c1-6(9)4-8-5-7(10)2-3-11-8/h2-3,5,9H,1,4H2. The van der Waals surface area contributed by atoms with E-state index in [2.05, 4.69) is 6.58 Å². The second kappa shape index (κ2) is 3.05. The molecule has 3 heteroatoms. The van der Waals surface area contributed by atoms with Crippen LogP contribution < -0.4 is 5.43 Å². The van der Waals surface area contributed by atoms with E-state index in [1.165, 1.54) is 18.4 Å². The Morgan fingerprint density at radius 3 is 3.00 bits per heavy atom. The highest BCUT2D eigenvalue weighted by atomic mass is 16.3. The third kappa shape index (κ3) is 2.29. The number of aliphatic hydroxyl groups is 1. The third-order valence-corrected chi connectivity index (χ3v) is 1.13. The molecule has 11 heavy (non-hydrogen) atoms. The molecule has 0 spiro atoms. The van der Waals surface area contributed by atoms with Crippen LogP contribution in [-0.2, 0) is 6.42 Å². The van der Waals surface area contributed by atoms with Crippen LogP contribution in [0.4, 0.5) is 0 Å². The van der Waals surface area contributed by atoms with Gasteiger partial charge in [-0.3, -0.25) is 4.79 Å². The first-order valence-electron chi connectivity index (χ1n) is 3.13. The zero-order chi connectivity index (χ0) is 8.27. The Balaban J connectivity index is 2.88. The van der Waals surface area contributed by atoms with Gasteiger partial charge in [0.1, 0.15) is 5.76 Å². The van der Waals surface area contributed by atoms with Crippen molar-refractivity contribution in [1.29, 1.82) is 0 Å². The van der Waals surface area contributed by atoms with Crippen molar-refractivity contribution in [2.45, 2.75) is 6.42 Å². The van der Waals surface area contributed by atoms with Gasteiger partial charge >= 0.3 is 0 Å². The second-order valence-corrected chi connectivity index (χ2v) is 2.18. The van der Waals surface area contributed by atoms with Crippen molar-refractivity contribution in [3.63, 3.8) is 0 Å². The topological polar surface area (TPSA) is 50.4 Å². The lowest BCUT2D eigenvalue weighted by Crippen LogP contribution is -1.98. The molecule has 0 saturated heterocycles. The smallest absolute Gasteiger partial charge is 0.185 e. The quantitative estimate of drug-likeness (QED) is 0.649. The van der Waals surface area contributed by atoms with E-state index < -0.39 is 0 Å². The molecule has 0 atom stereocenters. The molecule has 1 heterocycles. The molecule has 58 valence electrons. The van der Waals surface area contributed by atoms with Crippen LogP contribution in [0.1, 0.15) is 5.76 Å². The van der Waals surface area contributed by atoms with Gasteiger partial charge in [0.2, 0.25) is 0 Å². The molecule has 0 fully saturated rings. The molecule has 1 aromatic heterocycles. The van der Waals surface area contributed by atoms with Crippen molar-refractivity contribution in [1.82, 2.24) is 0 Å². The van der Waals surface area contributed by atoms with Crippen LogP contribution >= 0.6 is 0 Å². The van der Waals surface area contributed by atoms with Gasteiger partial charge < -0.3 is 9.52 Å². The molecular formula is C8H8O3. The third-order valence-electron chi connectivity index (χ3n) is 1.13. The van der Waals surface area contributed by atoms with Crippen LogP contribution in [0.3, 0.4) is 0 Å². The molecule has 0 aliphatic rings. The summed E-state index contributed by atoms with van der Waals surface area (Å²) in [5, 5.41) is 8.74. The van der Waals surface area contributed by atoms with E-state index in [-0.39, 0.29) is 17.6 Å². The Hall–Kier alpha value is -1.51. The molecule has 0 bridgehead atoms. The van der Waals surface area contributed by atoms with Gasteiger partial charge in [0.25, 0.3) is 0 Å². The highest BCUT2D eigenvalue weighted by molar-refractivity contribution is 5.05. The van der Waals surface area contributed by atoms with E-state index in [4.69, 9.17) is 9.52 Å². The molecule has 0 amide bonds. The maximum absolute atomic E-state index is 10.7. The van der Waals surface area contributed by atoms with Gasteiger partial charge in [0, 0.05) is 12.1 Å². The van der Waals surface area contributed by atoms with Crippen LogP contribution in [0.2, 0.25) is 0 Å². The molecule has 0 saturated carbocycles. The summed E-state index contributed by atoms with van der Waals surface area (Å²) >= 11 is 0. The van der Waals surface area contributed by atoms with Gasteiger partial charge in [-0.05, 0) is 0 Å². The van der Waals surface area contributed by atoms with Gasteiger partial charge in [0.15, 0.2) is 5.43 Å². The predicted octanol–water partition coefficient (Wildman–Crippen LogP) is 1.25. The van der Waals surface area contributed by atoms with Gasteiger partial charge in [-0.1, -0.05) is 6.58 Å². The fourth-order valence-electron chi connectivity index (χ4n) is 0.723. The largest absolute Gasteiger partial charge is 0.512 e. The summed E-state index contributed by atoms with van der Waals surface area (Å²) < 4.78 is 4.90. The lowest BCUT2D eigenvalue weighted by atomic mass is 10.3. The Bertz CT molecular complexity index is 311. The molecule has 1 aromatic rings. The Labute approximate surface area is 63.6 Å².